The Labute approximate surface area is 95.6 Å². The van der Waals surface area contributed by atoms with Crippen LogP contribution in [0.3, 0.4) is 0 Å². The maximum atomic E-state index is 11.9. The minimum Gasteiger partial charge on any atom is -0.378 e. The summed E-state index contributed by atoms with van der Waals surface area (Å²) < 4.78 is 5.37. The molecular weight excluding hydrogens is 206 g/mol. The van der Waals surface area contributed by atoms with Gasteiger partial charge in [-0.1, -0.05) is 13.8 Å². The fourth-order valence-corrected chi connectivity index (χ4v) is 1.97. The van der Waals surface area contributed by atoms with Crippen molar-refractivity contribution in [3.8, 4) is 0 Å². The second kappa shape index (κ2) is 4.41. The van der Waals surface area contributed by atoms with E-state index < -0.39 is 5.54 Å². The van der Waals surface area contributed by atoms with Crippen molar-refractivity contribution < 1.29 is 9.53 Å². The van der Waals surface area contributed by atoms with E-state index in [1.807, 2.05) is 0 Å². The summed E-state index contributed by atoms with van der Waals surface area (Å²) in [4.78, 5) is 16.2. The summed E-state index contributed by atoms with van der Waals surface area (Å²) >= 11 is 0. The van der Waals surface area contributed by atoms with Gasteiger partial charge in [0.05, 0.1) is 6.61 Å². The first-order valence-electron chi connectivity index (χ1n) is 5.84. The third-order valence-corrected chi connectivity index (χ3v) is 2.88. The largest absolute Gasteiger partial charge is 0.378 e. The van der Waals surface area contributed by atoms with Crippen LogP contribution in [0.25, 0.3) is 0 Å². The van der Waals surface area contributed by atoms with Gasteiger partial charge in [0, 0.05) is 13.2 Å². The van der Waals surface area contributed by atoms with Crippen molar-refractivity contribution in [1.82, 2.24) is 10.6 Å². The van der Waals surface area contributed by atoms with Gasteiger partial charge in [0.1, 0.15) is 5.54 Å². The number of ether oxygens (including phenoxy) is 1. The highest BCUT2D eigenvalue weighted by atomic mass is 16.5. The van der Waals surface area contributed by atoms with Gasteiger partial charge in [-0.2, -0.15) is 0 Å². The molecule has 0 aliphatic carbocycles. The van der Waals surface area contributed by atoms with Gasteiger partial charge in [0.25, 0.3) is 5.91 Å². The Morgan fingerprint density at radius 3 is 3.00 bits per heavy atom. The lowest BCUT2D eigenvalue weighted by Crippen LogP contribution is -2.53. The number of hydrogen-bond donors (Lipinski definition) is 2. The van der Waals surface area contributed by atoms with Crippen LogP contribution in [0.15, 0.2) is 4.99 Å². The van der Waals surface area contributed by atoms with Crippen molar-refractivity contribution in [2.45, 2.75) is 32.2 Å². The summed E-state index contributed by atoms with van der Waals surface area (Å²) in [5.74, 6) is 1.09. The van der Waals surface area contributed by atoms with E-state index in [2.05, 4.69) is 29.5 Å². The van der Waals surface area contributed by atoms with Crippen molar-refractivity contribution in [3.63, 3.8) is 0 Å². The Bertz CT molecular complexity index is 306. The number of nitrogens with one attached hydrogen (secondary N) is 2. The van der Waals surface area contributed by atoms with Gasteiger partial charge in [-0.3, -0.25) is 15.1 Å². The molecule has 5 heteroatoms. The maximum Gasteiger partial charge on any atom is 0.254 e. The monoisotopic (exact) mass is 225 g/mol. The highest BCUT2D eigenvalue weighted by Crippen LogP contribution is 2.22. The normalized spacial score (nSPS) is 32.2. The summed E-state index contributed by atoms with van der Waals surface area (Å²) in [5, 5.41) is 5.97. The topological polar surface area (TPSA) is 62.7 Å². The van der Waals surface area contributed by atoms with Crippen molar-refractivity contribution >= 4 is 11.9 Å². The number of rotatable bonds is 2. The molecule has 0 aromatic carbocycles. The summed E-state index contributed by atoms with van der Waals surface area (Å²) in [6.07, 6.45) is 1.73. The van der Waals surface area contributed by atoms with Gasteiger partial charge in [0.15, 0.2) is 5.96 Å². The molecule has 0 aromatic heterocycles. The minimum absolute atomic E-state index is 0.00490. The number of amides is 1. The molecule has 1 amide bonds. The average molecular weight is 225 g/mol. The van der Waals surface area contributed by atoms with Gasteiger partial charge in [-0.05, 0) is 18.8 Å². The average Bonchev–Trinajstić information content (AvgIpc) is 2.54. The molecule has 1 atom stereocenters. The number of hydrogen-bond acceptors (Lipinski definition) is 3. The first kappa shape index (κ1) is 11.4. The Morgan fingerprint density at radius 1 is 1.56 bits per heavy atom. The zero-order valence-corrected chi connectivity index (χ0v) is 9.88. The molecule has 5 nitrogen and oxygen atoms in total. The molecule has 2 rings (SSSR count). The van der Waals surface area contributed by atoms with Crippen LogP contribution in [0.1, 0.15) is 26.7 Å². The van der Waals surface area contributed by atoms with E-state index >= 15 is 0 Å². The third kappa shape index (κ3) is 2.19. The van der Waals surface area contributed by atoms with Crippen molar-refractivity contribution in [2.24, 2.45) is 10.9 Å². The molecule has 1 unspecified atom stereocenters. The lowest BCUT2D eigenvalue weighted by molar-refractivity contribution is -0.128. The fourth-order valence-electron chi connectivity index (χ4n) is 1.97. The van der Waals surface area contributed by atoms with Gasteiger partial charge in [-0.25, -0.2) is 0 Å². The van der Waals surface area contributed by atoms with E-state index in [0.29, 0.717) is 18.5 Å². The van der Waals surface area contributed by atoms with Gasteiger partial charge in [0.2, 0.25) is 0 Å². The van der Waals surface area contributed by atoms with Crippen LogP contribution in [0.2, 0.25) is 0 Å². The van der Waals surface area contributed by atoms with Crippen LogP contribution in [0.5, 0.6) is 0 Å². The second-order valence-electron chi connectivity index (χ2n) is 4.90. The van der Waals surface area contributed by atoms with Crippen molar-refractivity contribution in [2.75, 3.05) is 19.8 Å². The zero-order valence-electron chi connectivity index (χ0n) is 9.88. The summed E-state index contributed by atoms with van der Waals surface area (Å²) in [6.45, 7) is 6.11. The van der Waals surface area contributed by atoms with E-state index in [-0.39, 0.29) is 5.91 Å². The molecule has 0 bridgehead atoms. The molecule has 2 heterocycles. The highest BCUT2D eigenvalue weighted by Gasteiger charge is 2.46. The van der Waals surface area contributed by atoms with Crippen molar-refractivity contribution in [3.05, 3.63) is 0 Å². The highest BCUT2D eigenvalue weighted by molar-refractivity contribution is 6.09. The lowest BCUT2D eigenvalue weighted by atomic mass is 9.93. The van der Waals surface area contributed by atoms with Gasteiger partial charge >= 0.3 is 0 Å². The number of guanidine groups is 1. The number of nitrogens with zero attached hydrogens (tertiary/aromatic N) is 1. The van der Waals surface area contributed by atoms with E-state index in [1.165, 1.54) is 0 Å². The van der Waals surface area contributed by atoms with E-state index in [9.17, 15) is 4.79 Å². The molecule has 0 aromatic rings. The predicted octanol–water partition coefficient (Wildman–Crippen LogP) is 0.267. The molecule has 1 spiro atoms. The standard InChI is InChI=1S/C11H19N3O2/c1-8(2)6-12-10-13-9(15)11(14-10)4-3-5-16-7-11/h8H,3-7H2,1-2H3,(H2,12,13,14,15). The lowest BCUT2D eigenvalue weighted by Gasteiger charge is -2.30. The molecule has 2 saturated heterocycles. The first-order valence-corrected chi connectivity index (χ1v) is 5.84. The number of carbonyl (C=O) groups excluding carboxylic acids is 1. The fraction of sp³-hybridized carbons (Fsp3) is 0.818. The van der Waals surface area contributed by atoms with Crippen LogP contribution in [-0.2, 0) is 9.53 Å². The van der Waals surface area contributed by atoms with E-state index in [0.717, 1.165) is 26.0 Å². The van der Waals surface area contributed by atoms with Gasteiger partial charge < -0.3 is 10.1 Å². The Kier molecular flexibility index (Phi) is 3.14. The summed E-state index contributed by atoms with van der Waals surface area (Å²) in [5.41, 5.74) is -0.561. The smallest absolute Gasteiger partial charge is 0.254 e. The van der Waals surface area contributed by atoms with Crippen molar-refractivity contribution in [1.29, 1.82) is 0 Å². The molecule has 2 aliphatic rings. The van der Waals surface area contributed by atoms with Crippen LogP contribution < -0.4 is 10.6 Å². The Morgan fingerprint density at radius 2 is 2.38 bits per heavy atom. The molecule has 90 valence electrons. The van der Waals surface area contributed by atoms with Crippen LogP contribution in [0.4, 0.5) is 0 Å². The molecule has 2 fully saturated rings. The summed E-state index contributed by atoms with van der Waals surface area (Å²) in [6, 6.07) is 0. The van der Waals surface area contributed by atoms with Gasteiger partial charge in [-0.15, -0.1) is 0 Å². The third-order valence-electron chi connectivity index (χ3n) is 2.88. The zero-order chi connectivity index (χ0) is 11.6. The molecule has 2 aliphatic heterocycles. The molecule has 2 N–H and O–H groups in total. The second-order valence-corrected chi connectivity index (χ2v) is 4.90. The first-order chi connectivity index (χ1) is 7.62. The minimum atomic E-state index is -0.561. The predicted molar refractivity (Wildman–Crippen MR) is 61.2 cm³/mol. The maximum absolute atomic E-state index is 11.9. The molecule has 0 saturated carbocycles. The quantitative estimate of drug-likeness (QED) is 0.709. The molecule has 0 radical (unpaired) electrons. The number of aliphatic imine (C=N–C) groups is 1. The Balaban J connectivity index is 2.03. The van der Waals surface area contributed by atoms with E-state index in [4.69, 9.17) is 4.74 Å². The van der Waals surface area contributed by atoms with E-state index in [1.54, 1.807) is 0 Å². The van der Waals surface area contributed by atoms with Crippen LogP contribution in [-0.4, -0.2) is 37.2 Å². The summed E-state index contributed by atoms with van der Waals surface area (Å²) in [7, 11) is 0. The Hall–Kier alpha value is -1.10. The SMILES string of the molecule is CC(C)CN=C1NC(=O)C2(CCCOC2)N1. The molecule has 16 heavy (non-hydrogen) atoms. The van der Waals surface area contributed by atoms with Crippen LogP contribution in [0, 0.1) is 5.92 Å². The molecular formula is C11H19N3O2. The van der Waals surface area contributed by atoms with Crippen LogP contribution >= 0.6 is 0 Å². The number of carbonyl (C=O) groups is 1.